The second kappa shape index (κ2) is 50.3. The SMILES string of the molecule is CC/C=C\C/C=C\C/C=C\C/C=C\C/C=C\CC(=O)NC(COC1OC(CO)C(OC2OC(CO)C(OC3OC(CO)C(O)C(O)C3O)C(O)C2O)C(O)C1O)C(O)/C=C/CC/C=C/CC/C=C/CCCCCCCCCCCCCCCCCCCC. The summed E-state index contributed by atoms with van der Waals surface area (Å²) in [6.45, 7) is 1.50. The van der Waals surface area contributed by atoms with Crippen LogP contribution >= 0.6 is 0 Å². The first-order valence-electron chi connectivity index (χ1n) is 33.5. The Hall–Kier alpha value is -3.29. The minimum Gasteiger partial charge on any atom is -0.394 e. The van der Waals surface area contributed by atoms with Crippen LogP contribution in [0.5, 0.6) is 0 Å². The number of rotatable bonds is 49. The molecule has 3 rings (SSSR count). The van der Waals surface area contributed by atoms with Crippen molar-refractivity contribution in [2.24, 2.45) is 0 Å². The minimum atomic E-state index is -2.00. The highest BCUT2D eigenvalue weighted by molar-refractivity contribution is 5.77. The zero-order chi connectivity index (χ0) is 64.0. The van der Waals surface area contributed by atoms with Crippen LogP contribution in [0, 0.1) is 0 Å². The van der Waals surface area contributed by atoms with Gasteiger partial charge in [-0.3, -0.25) is 4.79 Å². The van der Waals surface area contributed by atoms with E-state index >= 15 is 0 Å². The molecule has 19 nitrogen and oxygen atoms in total. The number of amides is 1. The summed E-state index contributed by atoms with van der Waals surface area (Å²) in [6.07, 6.45) is 38.7. The largest absolute Gasteiger partial charge is 0.394 e. The van der Waals surface area contributed by atoms with Crippen molar-refractivity contribution in [1.29, 1.82) is 0 Å². The zero-order valence-corrected chi connectivity index (χ0v) is 53.2. The molecule has 3 saturated heterocycles. The van der Waals surface area contributed by atoms with E-state index in [4.69, 9.17) is 28.4 Å². The first-order chi connectivity index (χ1) is 42.8. The first kappa shape index (κ1) is 78.9. The fraction of sp³-hybridized carbons (Fsp3) is 0.754. The summed E-state index contributed by atoms with van der Waals surface area (Å²) in [5.41, 5.74) is 0. The van der Waals surface area contributed by atoms with E-state index in [2.05, 4.69) is 79.9 Å². The van der Waals surface area contributed by atoms with Crippen LogP contribution in [0.15, 0.2) is 97.2 Å². The number of hydrogen-bond acceptors (Lipinski definition) is 18. The molecule has 19 heteroatoms. The average molecular weight is 1250 g/mol. The second-order valence-corrected chi connectivity index (χ2v) is 23.5. The van der Waals surface area contributed by atoms with E-state index in [1.807, 2.05) is 18.2 Å². The lowest BCUT2D eigenvalue weighted by Gasteiger charge is -2.48. The van der Waals surface area contributed by atoms with Crippen molar-refractivity contribution >= 4 is 5.91 Å². The van der Waals surface area contributed by atoms with Gasteiger partial charge in [0, 0.05) is 6.42 Å². The van der Waals surface area contributed by atoms with E-state index in [0.29, 0.717) is 12.8 Å². The average Bonchev–Trinajstić information content (AvgIpc) is 3.59. The highest BCUT2D eigenvalue weighted by Crippen LogP contribution is 2.33. The molecule has 0 aliphatic carbocycles. The van der Waals surface area contributed by atoms with E-state index in [0.717, 1.165) is 51.4 Å². The summed E-state index contributed by atoms with van der Waals surface area (Å²) < 4.78 is 34.2. The van der Waals surface area contributed by atoms with Gasteiger partial charge in [-0.25, -0.2) is 0 Å². The van der Waals surface area contributed by atoms with Gasteiger partial charge < -0.3 is 89.9 Å². The molecule has 506 valence electrons. The Bertz CT molecular complexity index is 1970. The van der Waals surface area contributed by atoms with E-state index in [1.165, 1.54) is 116 Å². The number of carbonyl (C=O) groups excluding carboxylic acids is 1. The Balaban J connectivity index is 1.47. The molecule has 0 aromatic heterocycles. The van der Waals surface area contributed by atoms with Gasteiger partial charge in [-0.15, -0.1) is 0 Å². The van der Waals surface area contributed by atoms with Crippen LogP contribution in [0.2, 0.25) is 0 Å². The number of carbonyl (C=O) groups is 1. The van der Waals surface area contributed by atoms with Crippen molar-refractivity contribution in [3.8, 4) is 0 Å². The fourth-order valence-electron chi connectivity index (χ4n) is 10.7. The maximum atomic E-state index is 13.3. The molecule has 0 aromatic carbocycles. The normalized spacial score (nSPS) is 29.0. The lowest BCUT2D eigenvalue weighted by Crippen LogP contribution is -2.66. The highest BCUT2D eigenvalue weighted by Gasteiger charge is 2.53. The van der Waals surface area contributed by atoms with Gasteiger partial charge in [-0.2, -0.15) is 0 Å². The molecule has 17 unspecified atom stereocenters. The molecule has 0 radical (unpaired) electrons. The lowest BCUT2D eigenvalue weighted by molar-refractivity contribution is -0.379. The number of allylic oxidation sites excluding steroid dienone is 14. The van der Waals surface area contributed by atoms with E-state index in [9.17, 15) is 61.0 Å². The quantitative estimate of drug-likeness (QED) is 0.0202. The predicted octanol–water partition coefficient (Wildman–Crippen LogP) is 8.10. The van der Waals surface area contributed by atoms with Crippen molar-refractivity contribution in [1.82, 2.24) is 5.32 Å². The third kappa shape index (κ3) is 32.3. The zero-order valence-electron chi connectivity index (χ0n) is 53.2. The third-order valence-corrected chi connectivity index (χ3v) is 16.1. The summed E-state index contributed by atoms with van der Waals surface area (Å²) in [5.74, 6) is -0.420. The molecule has 0 aromatic rings. The monoisotopic (exact) mass is 1250 g/mol. The second-order valence-electron chi connectivity index (χ2n) is 23.5. The smallest absolute Gasteiger partial charge is 0.224 e. The standard InChI is InChI=1S/C69H117NO18/c1-3-5-7-9-11-13-15-17-19-20-21-22-23-24-25-26-27-28-29-30-31-33-34-36-38-40-42-44-46-53(74)52(70-57(75)47-45-43-41-39-37-35-32-18-16-14-12-10-8-6-4-2)51-83-67-63(81)60(78)65(55(49-72)85-67)88-69-64(82)61(79)66(56(50-73)86-69)87-68-62(80)59(77)58(76)54(48-71)84-68/h6,8,12,14,18,30-32,36-39,43-46,52-56,58-69,71-74,76-82H,3-5,7,9-11,13,15-17,19-29,33-35,40-42,47-51H2,1-2H3,(H,70,75)/b8-6-,14-12-,31-30+,32-18-,38-36+,39-37-,45-43-,46-44+. The van der Waals surface area contributed by atoms with Crippen LogP contribution in [0.3, 0.4) is 0 Å². The molecule has 17 atom stereocenters. The molecule has 3 aliphatic heterocycles. The maximum Gasteiger partial charge on any atom is 0.224 e. The van der Waals surface area contributed by atoms with Crippen molar-refractivity contribution in [2.45, 2.75) is 304 Å². The van der Waals surface area contributed by atoms with Crippen molar-refractivity contribution in [2.75, 3.05) is 26.4 Å². The molecule has 0 spiro atoms. The third-order valence-electron chi connectivity index (χ3n) is 16.1. The van der Waals surface area contributed by atoms with Gasteiger partial charge in [0.2, 0.25) is 5.91 Å². The van der Waals surface area contributed by atoms with Crippen molar-refractivity contribution < 1.29 is 89.4 Å². The molecule has 12 N–H and O–H groups in total. The summed E-state index contributed by atoms with van der Waals surface area (Å²) in [5, 5.41) is 120. The molecular formula is C69H117NO18. The summed E-state index contributed by atoms with van der Waals surface area (Å²) in [4.78, 5) is 13.3. The van der Waals surface area contributed by atoms with E-state index in [1.54, 1.807) is 18.2 Å². The van der Waals surface area contributed by atoms with Crippen LogP contribution in [0.4, 0.5) is 0 Å². The number of aliphatic hydroxyl groups excluding tert-OH is 11. The van der Waals surface area contributed by atoms with Gasteiger partial charge in [0.15, 0.2) is 18.9 Å². The van der Waals surface area contributed by atoms with Crippen LogP contribution < -0.4 is 5.32 Å². The Morgan fingerprint density at radius 2 is 0.795 bits per heavy atom. The molecule has 1 amide bonds. The number of hydrogen-bond donors (Lipinski definition) is 12. The molecule has 0 bridgehead atoms. The minimum absolute atomic E-state index is 0.00551. The van der Waals surface area contributed by atoms with Gasteiger partial charge >= 0.3 is 0 Å². The maximum absolute atomic E-state index is 13.3. The van der Waals surface area contributed by atoms with E-state index < -0.39 is 137 Å². The highest BCUT2D eigenvalue weighted by atomic mass is 16.8. The molecule has 3 heterocycles. The van der Waals surface area contributed by atoms with Gasteiger partial charge in [0.05, 0.1) is 38.6 Å². The van der Waals surface area contributed by atoms with Crippen LogP contribution in [-0.2, 0) is 33.2 Å². The summed E-state index contributed by atoms with van der Waals surface area (Å²) in [6, 6.07) is -1.06. The van der Waals surface area contributed by atoms with Gasteiger partial charge in [-0.05, 0) is 70.6 Å². The van der Waals surface area contributed by atoms with E-state index in [-0.39, 0.29) is 6.42 Å². The molecule has 0 saturated carbocycles. The van der Waals surface area contributed by atoms with Crippen LogP contribution in [0.25, 0.3) is 0 Å². The Morgan fingerprint density at radius 1 is 0.420 bits per heavy atom. The fourth-order valence-corrected chi connectivity index (χ4v) is 10.7. The number of ether oxygens (including phenoxy) is 6. The predicted molar refractivity (Wildman–Crippen MR) is 341 cm³/mol. The number of aliphatic hydroxyl groups is 11. The Morgan fingerprint density at radius 3 is 1.25 bits per heavy atom. The number of nitrogens with one attached hydrogen (secondary N) is 1. The lowest BCUT2D eigenvalue weighted by atomic mass is 9.96. The molecule has 3 aliphatic rings. The Kier molecular flexibility index (Phi) is 45.1. The van der Waals surface area contributed by atoms with Crippen LogP contribution in [-0.4, -0.2) is 193 Å². The van der Waals surface area contributed by atoms with Gasteiger partial charge in [-0.1, -0.05) is 220 Å². The van der Waals surface area contributed by atoms with Crippen LogP contribution in [0.1, 0.15) is 200 Å². The van der Waals surface area contributed by atoms with Gasteiger partial charge in [0.1, 0.15) is 73.2 Å². The molecule has 88 heavy (non-hydrogen) atoms. The molecule has 3 fully saturated rings. The van der Waals surface area contributed by atoms with Gasteiger partial charge in [0.25, 0.3) is 0 Å². The molecular weight excluding hydrogens is 1130 g/mol. The van der Waals surface area contributed by atoms with Crippen molar-refractivity contribution in [3.05, 3.63) is 97.2 Å². The first-order valence-corrected chi connectivity index (χ1v) is 33.5. The van der Waals surface area contributed by atoms with Crippen molar-refractivity contribution in [3.63, 3.8) is 0 Å². The number of unbranched alkanes of at least 4 members (excludes halogenated alkanes) is 20. The summed E-state index contributed by atoms with van der Waals surface area (Å²) >= 11 is 0. The summed E-state index contributed by atoms with van der Waals surface area (Å²) in [7, 11) is 0. The topological polar surface area (TPSA) is 307 Å². The Labute approximate surface area is 526 Å².